The Morgan fingerprint density at radius 2 is 1.91 bits per heavy atom. The highest BCUT2D eigenvalue weighted by molar-refractivity contribution is 5.40. The zero-order valence-corrected chi connectivity index (χ0v) is 12.4. The van der Waals surface area contributed by atoms with Crippen LogP contribution in [0.5, 0.6) is 0 Å². The number of anilines is 1. The maximum absolute atomic E-state index is 14.1. The van der Waals surface area contributed by atoms with Crippen molar-refractivity contribution in [2.24, 2.45) is 5.92 Å². The molecular weight excluding hydrogens is 310 g/mol. The predicted octanol–water partition coefficient (Wildman–Crippen LogP) is 4.22. The molecule has 7 heteroatoms. The summed E-state index contributed by atoms with van der Waals surface area (Å²) >= 11 is 0. The topological polar surface area (TPSA) is 29.0 Å². The van der Waals surface area contributed by atoms with Gasteiger partial charge in [-0.05, 0) is 24.5 Å². The molecule has 1 saturated heterocycles. The molecule has 0 spiro atoms. The highest BCUT2D eigenvalue weighted by atomic mass is 19.4. The van der Waals surface area contributed by atoms with Gasteiger partial charge in [0.15, 0.2) is 0 Å². The Morgan fingerprint density at radius 3 is 2.61 bits per heavy atom. The van der Waals surface area contributed by atoms with Gasteiger partial charge in [0, 0.05) is 18.3 Å². The molecule has 0 unspecified atom stereocenters. The molecule has 122 valence electrons. The maximum Gasteiger partial charge on any atom is 0.433 e. The Labute approximate surface area is 131 Å². The van der Waals surface area contributed by atoms with Crippen LogP contribution >= 0.6 is 0 Å². The fraction of sp³-hybridized carbons (Fsp3) is 0.375. The predicted molar refractivity (Wildman–Crippen MR) is 77.3 cm³/mol. The van der Waals surface area contributed by atoms with Crippen LogP contribution in [0, 0.1) is 11.7 Å². The minimum absolute atomic E-state index is 0.0163. The summed E-state index contributed by atoms with van der Waals surface area (Å²) in [5, 5.41) is 0. The first-order chi connectivity index (χ1) is 10.9. The van der Waals surface area contributed by atoms with E-state index >= 15 is 0 Å². The van der Waals surface area contributed by atoms with E-state index in [2.05, 4.69) is 9.97 Å². The Balaban J connectivity index is 1.99. The van der Waals surface area contributed by atoms with Crippen LogP contribution in [0.25, 0.3) is 0 Å². The van der Waals surface area contributed by atoms with E-state index in [-0.39, 0.29) is 23.7 Å². The summed E-state index contributed by atoms with van der Waals surface area (Å²) < 4.78 is 52.6. The fourth-order valence-corrected chi connectivity index (χ4v) is 2.95. The van der Waals surface area contributed by atoms with Crippen molar-refractivity contribution in [2.45, 2.75) is 25.6 Å². The molecule has 23 heavy (non-hydrogen) atoms. The Hall–Kier alpha value is -2.18. The normalized spacial score (nSPS) is 21.7. The Kier molecular flexibility index (Phi) is 3.95. The van der Waals surface area contributed by atoms with Gasteiger partial charge in [0.1, 0.15) is 11.5 Å². The van der Waals surface area contributed by atoms with Gasteiger partial charge in [0.25, 0.3) is 0 Å². The van der Waals surface area contributed by atoms with E-state index in [0.29, 0.717) is 18.5 Å². The average molecular weight is 325 g/mol. The van der Waals surface area contributed by atoms with E-state index in [1.807, 2.05) is 6.92 Å². The highest BCUT2D eigenvalue weighted by Gasteiger charge is 2.37. The molecular formula is C16H15F4N3. The summed E-state index contributed by atoms with van der Waals surface area (Å²) in [6.45, 7) is 2.46. The molecule has 1 aromatic carbocycles. The summed E-state index contributed by atoms with van der Waals surface area (Å²) in [6.07, 6.45) is -2.80. The third kappa shape index (κ3) is 3.13. The number of nitrogens with zero attached hydrogens (tertiary/aromatic N) is 3. The van der Waals surface area contributed by atoms with E-state index in [9.17, 15) is 17.6 Å². The van der Waals surface area contributed by atoms with Crippen molar-refractivity contribution < 1.29 is 17.6 Å². The number of rotatable bonds is 2. The molecule has 2 atom stereocenters. The monoisotopic (exact) mass is 325 g/mol. The Bertz CT molecular complexity index is 702. The lowest BCUT2D eigenvalue weighted by atomic mass is 10.0. The van der Waals surface area contributed by atoms with Gasteiger partial charge in [-0.2, -0.15) is 13.2 Å². The first-order valence-electron chi connectivity index (χ1n) is 7.27. The third-order valence-electron chi connectivity index (χ3n) is 3.96. The second-order valence-electron chi connectivity index (χ2n) is 5.77. The summed E-state index contributed by atoms with van der Waals surface area (Å²) in [4.78, 5) is 9.25. The van der Waals surface area contributed by atoms with Crippen LogP contribution in [0.4, 0.5) is 23.5 Å². The molecule has 3 nitrogen and oxygen atoms in total. The lowest BCUT2D eigenvalue weighted by Gasteiger charge is -2.25. The smallest absolute Gasteiger partial charge is 0.333 e. The summed E-state index contributed by atoms with van der Waals surface area (Å²) in [5.41, 5.74) is -0.535. The number of alkyl halides is 3. The van der Waals surface area contributed by atoms with Crippen LogP contribution in [-0.2, 0) is 6.18 Å². The van der Waals surface area contributed by atoms with Crippen molar-refractivity contribution in [3.63, 3.8) is 0 Å². The van der Waals surface area contributed by atoms with Crippen molar-refractivity contribution in [3.05, 3.63) is 53.6 Å². The minimum Gasteiger partial charge on any atom is -0.333 e. The van der Waals surface area contributed by atoms with E-state index < -0.39 is 11.9 Å². The first-order valence-corrected chi connectivity index (χ1v) is 7.27. The van der Waals surface area contributed by atoms with Crippen molar-refractivity contribution >= 4 is 5.95 Å². The molecule has 1 fully saturated rings. The van der Waals surface area contributed by atoms with Gasteiger partial charge in [-0.15, -0.1) is 0 Å². The molecule has 1 aliphatic rings. The van der Waals surface area contributed by atoms with Crippen LogP contribution < -0.4 is 4.90 Å². The zero-order valence-electron chi connectivity index (χ0n) is 12.4. The standard InChI is InChI=1S/C16H15F4N3/c1-10-8-13(11-4-2-3-5-12(11)17)23(9-10)15-21-7-6-14(22-15)16(18,19)20/h2-7,10,13H,8-9H2,1H3/t10-,13+/m1/s1. The highest BCUT2D eigenvalue weighted by Crippen LogP contribution is 2.39. The van der Waals surface area contributed by atoms with Crippen molar-refractivity contribution in [1.82, 2.24) is 9.97 Å². The van der Waals surface area contributed by atoms with E-state index in [0.717, 1.165) is 12.3 Å². The number of hydrogen-bond donors (Lipinski definition) is 0. The molecule has 0 amide bonds. The maximum atomic E-state index is 14.1. The van der Waals surface area contributed by atoms with Crippen molar-refractivity contribution in [2.75, 3.05) is 11.4 Å². The SMILES string of the molecule is C[C@@H]1C[C@@H](c2ccccc2F)N(c2nccc(C(F)(F)F)n2)C1. The van der Waals surface area contributed by atoms with Gasteiger partial charge in [0.2, 0.25) is 5.95 Å². The van der Waals surface area contributed by atoms with Gasteiger partial charge in [0.05, 0.1) is 6.04 Å². The number of halogens is 4. The molecule has 2 heterocycles. The number of hydrogen-bond acceptors (Lipinski definition) is 3. The third-order valence-corrected chi connectivity index (χ3v) is 3.96. The fourth-order valence-electron chi connectivity index (χ4n) is 2.95. The first kappa shape index (κ1) is 15.7. The van der Waals surface area contributed by atoms with Gasteiger partial charge in [-0.25, -0.2) is 14.4 Å². The molecule has 0 saturated carbocycles. The molecule has 1 aromatic heterocycles. The Morgan fingerprint density at radius 1 is 1.17 bits per heavy atom. The van der Waals surface area contributed by atoms with Gasteiger partial charge < -0.3 is 4.90 Å². The van der Waals surface area contributed by atoms with Crippen LogP contribution in [0.2, 0.25) is 0 Å². The second kappa shape index (κ2) is 5.79. The van der Waals surface area contributed by atoms with Crippen molar-refractivity contribution in [3.8, 4) is 0 Å². The van der Waals surface area contributed by atoms with E-state index in [1.165, 1.54) is 6.07 Å². The molecule has 0 bridgehead atoms. The van der Waals surface area contributed by atoms with Gasteiger partial charge in [-0.1, -0.05) is 25.1 Å². The molecule has 0 aliphatic carbocycles. The molecule has 2 aromatic rings. The summed E-state index contributed by atoms with van der Waals surface area (Å²) in [7, 11) is 0. The average Bonchev–Trinajstić information content (AvgIpc) is 2.89. The molecule has 3 rings (SSSR count). The second-order valence-corrected chi connectivity index (χ2v) is 5.77. The van der Waals surface area contributed by atoms with Crippen molar-refractivity contribution in [1.29, 1.82) is 0 Å². The zero-order chi connectivity index (χ0) is 16.6. The number of aromatic nitrogens is 2. The lowest BCUT2D eigenvalue weighted by molar-refractivity contribution is -0.141. The number of benzene rings is 1. The minimum atomic E-state index is -4.53. The molecule has 0 N–H and O–H groups in total. The van der Waals surface area contributed by atoms with Crippen LogP contribution in [0.3, 0.4) is 0 Å². The van der Waals surface area contributed by atoms with E-state index in [4.69, 9.17) is 0 Å². The lowest BCUT2D eigenvalue weighted by Crippen LogP contribution is -2.26. The molecule has 0 radical (unpaired) electrons. The van der Waals surface area contributed by atoms with Gasteiger partial charge >= 0.3 is 6.18 Å². The van der Waals surface area contributed by atoms with Crippen LogP contribution in [0.15, 0.2) is 36.5 Å². The van der Waals surface area contributed by atoms with Crippen LogP contribution in [0.1, 0.15) is 30.6 Å². The molecule has 1 aliphatic heterocycles. The van der Waals surface area contributed by atoms with Crippen LogP contribution in [-0.4, -0.2) is 16.5 Å². The summed E-state index contributed by atoms with van der Waals surface area (Å²) in [6, 6.07) is 6.77. The van der Waals surface area contributed by atoms with E-state index in [1.54, 1.807) is 23.1 Å². The summed E-state index contributed by atoms with van der Waals surface area (Å²) in [5.74, 6) is -0.182. The quantitative estimate of drug-likeness (QED) is 0.774. The largest absolute Gasteiger partial charge is 0.433 e. The van der Waals surface area contributed by atoms with Gasteiger partial charge in [-0.3, -0.25) is 0 Å².